The van der Waals surface area contributed by atoms with E-state index in [0.717, 1.165) is 5.56 Å². The van der Waals surface area contributed by atoms with E-state index in [2.05, 4.69) is 20.5 Å². The second-order valence-corrected chi connectivity index (χ2v) is 3.52. The van der Waals surface area contributed by atoms with E-state index in [-0.39, 0.29) is 12.4 Å². The van der Waals surface area contributed by atoms with E-state index < -0.39 is 11.6 Å². The molecule has 1 heterocycles. The number of carbonyl (C=O) groups excluding carboxylic acids is 1. The molecule has 0 aliphatic carbocycles. The summed E-state index contributed by atoms with van der Waals surface area (Å²) in [6.45, 7) is 0.289. The fourth-order valence-corrected chi connectivity index (χ4v) is 1.49. The largest absolute Gasteiger partial charge is 0.496 e. The van der Waals surface area contributed by atoms with Crippen molar-refractivity contribution in [3.05, 3.63) is 46.1 Å². The van der Waals surface area contributed by atoms with Crippen LogP contribution in [0.3, 0.4) is 0 Å². The topological polar surface area (TPSA) is 99.9 Å². The van der Waals surface area contributed by atoms with Crippen molar-refractivity contribution in [2.45, 2.75) is 6.54 Å². The number of methoxy groups -OCH3 is 1. The van der Waals surface area contributed by atoms with Crippen LogP contribution in [0.2, 0.25) is 0 Å². The molecule has 0 unspecified atom stereocenters. The number of ether oxygens (including phenoxy) is 1. The number of nitrogens with zero attached hydrogens (tertiary/aromatic N) is 1. The molecule has 0 aliphatic rings. The molecule has 1 aromatic carbocycles. The maximum atomic E-state index is 11.6. The summed E-state index contributed by atoms with van der Waals surface area (Å²) >= 11 is 0. The highest BCUT2D eigenvalue weighted by Gasteiger charge is 2.10. The molecule has 0 bridgehead atoms. The first-order valence-electron chi connectivity index (χ1n) is 5.25. The summed E-state index contributed by atoms with van der Waals surface area (Å²) in [5, 5.41) is 8.29. The van der Waals surface area contributed by atoms with Crippen LogP contribution < -0.4 is 15.7 Å². The lowest BCUT2D eigenvalue weighted by Gasteiger charge is -2.08. The molecule has 18 heavy (non-hydrogen) atoms. The van der Waals surface area contributed by atoms with E-state index in [4.69, 9.17) is 4.74 Å². The highest BCUT2D eigenvalue weighted by atomic mass is 16.5. The number of nitrogens with one attached hydrogen (secondary N) is 3. The molecule has 2 rings (SSSR count). The minimum absolute atomic E-state index is 0.0464. The van der Waals surface area contributed by atoms with Gasteiger partial charge in [-0.15, -0.1) is 5.10 Å². The second-order valence-electron chi connectivity index (χ2n) is 3.52. The normalized spacial score (nSPS) is 10.1. The molecule has 2 aromatic rings. The zero-order valence-corrected chi connectivity index (χ0v) is 9.69. The second kappa shape index (κ2) is 5.17. The molecule has 0 aliphatic heterocycles. The van der Waals surface area contributed by atoms with E-state index in [1.54, 1.807) is 13.2 Å². The Morgan fingerprint density at radius 2 is 2.22 bits per heavy atom. The third-order valence-electron chi connectivity index (χ3n) is 2.35. The summed E-state index contributed by atoms with van der Waals surface area (Å²) < 4.78 is 5.16. The van der Waals surface area contributed by atoms with E-state index in [1.165, 1.54) is 0 Å². The molecule has 0 saturated heterocycles. The Labute approximate surface area is 102 Å². The van der Waals surface area contributed by atoms with Gasteiger partial charge in [-0.05, 0) is 6.07 Å². The lowest BCUT2D eigenvalue weighted by molar-refractivity contribution is 0.0940. The Kier molecular flexibility index (Phi) is 3.42. The van der Waals surface area contributed by atoms with Gasteiger partial charge in [-0.1, -0.05) is 18.2 Å². The fraction of sp³-hybridized carbons (Fsp3) is 0.182. The zero-order valence-electron chi connectivity index (χ0n) is 9.69. The number of amides is 1. The number of para-hydroxylation sites is 1. The van der Waals surface area contributed by atoms with Gasteiger partial charge in [-0.3, -0.25) is 9.78 Å². The minimum atomic E-state index is -0.516. The first-order chi connectivity index (χ1) is 8.70. The number of rotatable bonds is 4. The number of aromatic nitrogens is 3. The van der Waals surface area contributed by atoms with Crippen molar-refractivity contribution in [2.24, 2.45) is 0 Å². The van der Waals surface area contributed by atoms with Gasteiger partial charge in [0.1, 0.15) is 5.75 Å². The SMILES string of the molecule is COc1ccccc1CNC(=O)c1n[nH]c(=O)[nH]1. The van der Waals surface area contributed by atoms with Crippen LogP contribution >= 0.6 is 0 Å². The fourth-order valence-electron chi connectivity index (χ4n) is 1.49. The van der Waals surface area contributed by atoms with Gasteiger partial charge < -0.3 is 10.1 Å². The number of H-pyrrole nitrogens is 2. The first-order valence-corrected chi connectivity index (χ1v) is 5.25. The first kappa shape index (κ1) is 11.9. The molecular weight excluding hydrogens is 236 g/mol. The highest BCUT2D eigenvalue weighted by molar-refractivity contribution is 5.90. The van der Waals surface area contributed by atoms with Crippen molar-refractivity contribution in [3.8, 4) is 5.75 Å². The molecule has 0 radical (unpaired) electrons. The zero-order chi connectivity index (χ0) is 13.0. The van der Waals surface area contributed by atoms with Gasteiger partial charge in [0.15, 0.2) is 0 Å². The molecule has 0 fully saturated rings. The van der Waals surface area contributed by atoms with Crippen LogP contribution in [0, 0.1) is 0 Å². The predicted molar refractivity (Wildman–Crippen MR) is 63.4 cm³/mol. The monoisotopic (exact) mass is 248 g/mol. The van der Waals surface area contributed by atoms with E-state index in [9.17, 15) is 9.59 Å². The quantitative estimate of drug-likeness (QED) is 0.711. The molecule has 7 nitrogen and oxygen atoms in total. The Balaban J connectivity index is 2.03. The molecule has 3 N–H and O–H groups in total. The van der Waals surface area contributed by atoms with Gasteiger partial charge in [0.25, 0.3) is 5.91 Å². The summed E-state index contributed by atoms with van der Waals surface area (Å²) in [6.07, 6.45) is 0. The van der Waals surface area contributed by atoms with Crippen molar-refractivity contribution in [3.63, 3.8) is 0 Å². The average Bonchev–Trinajstić information content (AvgIpc) is 2.83. The highest BCUT2D eigenvalue weighted by Crippen LogP contribution is 2.16. The van der Waals surface area contributed by atoms with Gasteiger partial charge in [-0.25, -0.2) is 9.89 Å². The maximum absolute atomic E-state index is 11.6. The van der Waals surface area contributed by atoms with Gasteiger partial charge in [0.2, 0.25) is 5.82 Å². The van der Waals surface area contributed by atoms with Crippen LogP contribution in [0.15, 0.2) is 29.1 Å². The van der Waals surface area contributed by atoms with Gasteiger partial charge in [0.05, 0.1) is 7.11 Å². The molecule has 0 spiro atoms. The van der Waals surface area contributed by atoms with Crippen LogP contribution in [0.4, 0.5) is 0 Å². The van der Waals surface area contributed by atoms with E-state index >= 15 is 0 Å². The van der Waals surface area contributed by atoms with Gasteiger partial charge in [0, 0.05) is 12.1 Å². The lowest BCUT2D eigenvalue weighted by atomic mass is 10.2. The smallest absolute Gasteiger partial charge is 0.341 e. The Hall–Kier alpha value is -2.57. The number of hydrogen-bond acceptors (Lipinski definition) is 4. The van der Waals surface area contributed by atoms with Crippen molar-refractivity contribution < 1.29 is 9.53 Å². The molecule has 0 saturated carbocycles. The molecule has 94 valence electrons. The van der Waals surface area contributed by atoms with Gasteiger partial charge >= 0.3 is 5.69 Å². The van der Waals surface area contributed by atoms with Crippen molar-refractivity contribution >= 4 is 5.91 Å². The summed E-state index contributed by atoms with van der Waals surface area (Å²) in [6, 6.07) is 7.33. The van der Waals surface area contributed by atoms with Crippen LogP contribution in [-0.4, -0.2) is 28.2 Å². The van der Waals surface area contributed by atoms with Crippen LogP contribution in [0.25, 0.3) is 0 Å². The summed E-state index contributed by atoms with van der Waals surface area (Å²) in [5.74, 6) is 0.183. The van der Waals surface area contributed by atoms with Crippen molar-refractivity contribution in [1.29, 1.82) is 0 Å². The number of aromatic amines is 2. The van der Waals surface area contributed by atoms with E-state index in [0.29, 0.717) is 5.75 Å². The molecule has 0 atom stereocenters. The third kappa shape index (κ3) is 2.57. The Morgan fingerprint density at radius 1 is 1.44 bits per heavy atom. The van der Waals surface area contributed by atoms with Crippen molar-refractivity contribution in [1.82, 2.24) is 20.5 Å². The maximum Gasteiger partial charge on any atom is 0.341 e. The van der Waals surface area contributed by atoms with Crippen molar-refractivity contribution in [2.75, 3.05) is 7.11 Å². The van der Waals surface area contributed by atoms with Crippen LogP contribution in [0.1, 0.15) is 16.2 Å². The third-order valence-corrected chi connectivity index (χ3v) is 2.35. The summed E-state index contributed by atoms with van der Waals surface area (Å²) in [7, 11) is 1.56. The minimum Gasteiger partial charge on any atom is -0.496 e. The predicted octanol–water partition coefficient (Wildman–Crippen LogP) is 0.0366. The number of hydrogen-bond donors (Lipinski definition) is 3. The lowest BCUT2D eigenvalue weighted by Crippen LogP contribution is -2.24. The van der Waals surface area contributed by atoms with Crippen LogP contribution in [0.5, 0.6) is 5.75 Å². The van der Waals surface area contributed by atoms with E-state index in [1.807, 2.05) is 18.2 Å². The Morgan fingerprint density at radius 3 is 2.89 bits per heavy atom. The Bertz CT molecular complexity index is 602. The standard InChI is InChI=1S/C11H12N4O3/c1-18-8-5-3-2-4-7(8)6-12-10(16)9-13-11(17)15-14-9/h2-5H,6H2,1H3,(H,12,16)(H2,13,14,15,17). The molecule has 1 amide bonds. The molecular formula is C11H12N4O3. The summed E-state index contributed by atoms with van der Waals surface area (Å²) in [4.78, 5) is 24.7. The molecule has 7 heteroatoms. The summed E-state index contributed by atoms with van der Waals surface area (Å²) in [5.41, 5.74) is 0.323. The average molecular weight is 248 g/mol. The van der Waals surface area contributed by atoms with Crippen LogP contribution in [-0.2, 0) is 6.54 Å². The number of carbonyl (C=O) groups is 1. The molecule has 1 aromatic heterocycles. The number of benzene rings is 1. The van der Waals surface area contributed by atoms with Gasteiger partial charge in [-0.2, -0.15) is 0 Å².